The molecular formula is C19H16FN5O2. The summed E-state index contributed by atoms with van der Waals surface area (Å²) in [6.45, 7) is 0.580. The van der Waals surface area contributed by atoms with E-state index in [1.54, 1.807) is 24.5 Å². The molecule has 0 saturated carbocycles. The molecule has 1 amide bonds. The van der Waals surface area contributed by atoms with E-state index in [1.807, 2.05) is 6.07 Å². The highest BCUT2D eigenvalue weighted by atomic mass is 19.1. The van der Waals surface area contributed by atoms with Gasteiger partial charge in [-0.2, -0.15) is 0 Å². The first-order valence-electron chi connectivity index (χ1n) is 8.44. The van der Waals surface area contributed by atoms with Gasteiger partial charge >= 0.3 is 0 Å². The molecule has 4 aromatic rings. The Morgan fingerprint density at radius 2 is 2.19 bits per heavy atom. The molecule has 0 fully saturated rings. The van der Waals surface area contributed by atoms with E-state index >= 15 is 0 Å². The number of halogens is 1. The molecule has 136 valence electrons. The fraction of sp³-hybridized carbons (Fsp3) is 0.158. The summed E-state index contributed by atoms with van der Waals surface area (Å²) in [5, 5.41) is 3.35. The normalized spacial score (nSPS) is 11.1. The van der Waals surface area contributed by atoms with Gasteiger partial charge in [0.1, 0.15) is 16.9 Å². The summed E-state index contributed by atoms with van der Waals surface area (Å²) in [5.41, 5.74) is 1.97. The lowest BCUT2D eigenvalue weighted by Crippen LogP contribution is -2.27. The zero-order chi connectivity index (χ0) is 18.8. The van der Waals surface area contributed by atoms with Gasteiger partial charge in [0, 0.05) is 42.8 Å². The van der Waals surface area contributed by atoms with Crippen LogP contribution in [0.15, 0.2) is 53.8 Å². The van der Waals surface area contributed by atoms with E-state index in [0.29, 0.717) is 28.5 Å². The van der Waals surface area contributed by atoms with Gasteiger partial charge in [-0.1, -0.05) is 6.07 Å². The molecule has 0 spiro atoms. The number of fused-ring (bicyclic) bond motifs is 3. The van der Waals surface area contributed by atoms with Crippen molar-refractivity contribution in [2.45, 2.75) is 19.5 Å². The van der Waals surface area contributed by atoms with Gasteiger partial charge < -0.3 is 10.3 Å². The number of benzene rings is 1. The van der Waals surface area contributed by atoms with Gasteiger partial charge in [0.05, 0.1) is 6.33 Å². The molecule has 0 unspecified atom stereocenters. The van der Waals surface area contributed by atoms with Crippen LogP contribution < -0.4 is 10.9 Å². The number of carbonyl (C=O) groups is 1. The Kier molecular flexibility index (Phi) is 4.37. The molecule has 1 aromatic carbocycles. The zero-order valence-corrected chi connectivity index (χ0v) is 14.3. The van der Waals surface area contributed by atoms with Gasteiger partial charge in [-0.3, -0.25) is 19.1 Å². The Morgan fingerprint density at radius 1 is 1.30 bits per heavy atom. The van der Waals surface area contributed by atoms with Crippen LogP contribution in [-0.2, 0) is 17.9 Å². The monoisotopic (exact) mass is 365 g/mol. The topological polar surface area (TPSA) is 92.7 Å². The number of amides is 1. The highest BCUT2D eigenvalue weighted by Gasteiger charge is 2.12. The minimum Gasteiger partial charge on any atom is -0.352 e. The van der Waals surface area contributed by atoms with Gasteiger partial charge in [-0.15, -0.1) is 0 Å². The highest BCUT2D eigenvalue weighted by Crippen LogP contribution is 2.22. The number of nitrogens with one attached hydrogen (secondary N) is 2. The quantitative estimate of drug-likeness (QED) is 0.567. The van der Waals surface area contributed by atoms with Crippen LogP contribution in [0.1, 0.15) is 12.0 Å². The number of hydrogen-bond donors (Lipinski definition) is 2. The number of H-pyrrole nitrogens is 1. The van der Waals surface area contributed by atoms with E-state index in [2.05, 4.69) is 20.3 Å². The van der Waals surface area contributed by atoms with Crippen LogP contribution in [0.2, 0.25) is 0 Å². The summed E-state index contributed by atoms with van der Waals surface area (Å²) >= 11 is 0. The number of aromatic amines is 1. The molecule has 0 aliphatic rings. The molecular weight excluding hydrogens is 349 g/mol. The Bertz CT molecular complexity index is 1180. The smallest absolute Gasteiger partial charge is 0.277 e. The average molecular weight is 365 g/mol. The molecule has 7 nitrogen and oxygen atoms in total. The third-order valence-electron chi connectivity index (χ3n) is 4.33. The second kappa shape index (κ2) is 6.99. The molecule has 0 bridgehead atoms. The van der Waals surface area contributed by atoms with Gasteiger partial charge in [0.2, 0.25) is 5.91 Å². The minimum absolute atomic E-state index is 0.141. The fourth-order valence-electron chi connectivity index (χ4n) is 2.94. The highest BCUT2D eigenvalue weighted by molar-refractivity contribution is 6.04. The first-order valence-corrected chi connectivity index (χ1v) is 8.44. The molecule has 3 heterocycles. The first-order chi connectivity index (χ1) is 13.1. The molecule has 0 saturated heterocycles. The largest absolute Gasteiger partial charge is 0.352 e. The van der Waals surface area contributed by atoms with E-state index in [0.717, 1.165) is 5.56 Å². The second-order valence-corrected chi connectivity index (χ2v) is 6.17. The fourth-order valence-corrected chi connectivity index (χ4v) is 2.94. The predicted octanol–water partition coefficient (Wildman–Crippen LogP) is 2.12. The van der Waals surface area contributed by atoms with Gasteiger partial charge in [-0.25, -0.2) is 9.37 Å². The molecule has 0 aliphatic heterocycles. The van der Waals surface area contributed by atoms with Crippen LogP contribution in [0.3, 0.4) is 0 Å². The maximum absolute atomic E-state index is 13.5. The van der Waals surface area contributed by atoms with Crippen molar-refractivity contribution in [1.29, 1.82) is 0 Å². The van der Waals surface area contributed by atoms with E-state index in [9.17, 15) is 14.0 Å². The number of carbonyl (C=O) groups excluding carboxylic acids is 1. The molecule has 3 aromatic heterocycles. The van der Waals surface area contributed by atoms with Crippen molar-refractivity contribution < 1.29 is 9.18 Å². The van der Waals surface area contributed by atoms with Crippen molar-refractivity contribution in [2.75, 3.05) is 0 Å². The molecule has 4 rings (SSSR count). The average Bonchev–Trinajstić information content (AvgIpc) is 3.05. The molecule has 0 atom stereocenters. The van der Waals surface area contributed by atoms with Gasteiger partial charge in [0.25, 0.3) is 5.56 Å². The van der Waals surface area contributed by atoms with Crippen LogP contribution in [0.25, 0.3) is 21.9 Å². The van der Waals surface area contributed by atoms with E-state index in [1.165, 1.54) is 23.0 Å². The lowest BCUT2D eigenvalue weighted by molar-refractivity contribution is -0.121. The van der Waals surface area contributed by atoms with Crippen LogP contribution in [0, 0.1) is 5.82 Å². The summed E-state index contributed by atoms with van der Waals surface area (Å²) < 4.78 is 14.8. The van der Waals surface area contributed by atoms with E-state index in [-0.39, 0.29) is 30.2 Å². The van der Waals surface area contributed by atoms with Crippen molar-refractivity contribution >= 4 is 27.8 Å². The lowest BCUT2D eigenvalue weighted by Gasteiger charge is -2.07. The van der Waals surface area contributed by atoms with Crippen LogP contribution in [0.4, 0.5) is 4.39 Å². The van der Waals surface area contributed by atoms with Crippen molar-refractivity contribution in [1.82, 2.24) is 24.8 Å². The van der Waals surface area contributed by atoms with Crippen molar-refractivity contribution in [3.63, 3.8) is 0 Å². The zero-order valence-electron chi connectivity index (χ0n) is 14.3. The van der Waals surface area contributed by atoms with Crippen LogP contribution in [-0.4, -0.2) is 25.4 Å². The van der Waals surface area contributed by atoms with E-state index < -0.39 is 0 Å². The van der Waals surface area contributed by atoms with Gasteiger partial charge in [-0.05, 0) is 29.8 Å². The van der Waals surface area contributed by atoms with Gasteiger partial charge in [0.15, 0.2) is 0 Å². The third kappa shape index (κ3) is 3.41. The second-order valence-electron chi connectivity index (χ2n) is 6.17. The van der Waals surface area contributed by atoms with Crippen LogP contribution in [0.5, 0.6) is 0 Å². The maximum Gasteiger partial charge on any atom is 0.277 e. The predicted molar refractivity (Wildman–Crippen MR) is 98.5 cm³/mol. The Balaban J connectivity index is 1.49. The molecule has 0 radical (unpaired) electrons. The number of aromatic nitrogens is 4. The molecule has 27 heavy (non-hydrogen) atoms. The number of nitrogens with zero attached hydrogens (tertiary/aromatic N) is 3. The summed E-state index contributed by atoms with van der Waals surface area (Å²) in [6.07, 6.45) is 4.88. The van der Waals surface area contributed by atoms with Crippen LogP contribution >= 0.6 is 0 Å². The van der Waals surface area contributed by atoms with Crippen molar-refractivity contribution in [3.8, 4) is 0 Å². The summed E-state index contributed by atoms with van der Waals surface area (Å²) in [7, 11) is 0. The minimum atomic E-state index is -0.389. The summed E-state index contributed by atoms with van der Waals surface area (Å²) in [4.78, 5) is 35.9. The number of pyridine rings is 1. The Morgan fingerprint density at radius 3 is 3.00 bits per heavy atom. The third-order valence-corrected chi connectivity index (χ3v) is 4.33. The summed E-state index contributed by atoms with van der Waals surface area (Å²) in [6, 6.07) is 7.91. The number of hydrogen-bond acceptors (Lipinski definition) is 4. The maximum atomic E-state index is 13.5. The molecule has 2 N–H and O–H groups in total. The van der Waals surface area contributed by atoms with E-state index in [4.69, 9.17) is 0 Å². The Hall–Kier alpha value is -3.55. The standard InChI is InChI=1S/C19H16FN5O2/c20-13-3-4-15-14(8-13)17-18(24-15)19(27)25(11-23-17)7-5-16(26)22-10-12-2-1-6-21-9-12/h1-4,6,8-9,11,24H,5,7,10H2,(H,22,26). The summed E-state index contributed by atoms with van der Waals surface area (Å²) in [5.74, 6) is -0.566. The Labute approximate surface area is 152 Å². The van der Waals surface area contributed by atoms with Crippen molar-refractivity contribution in [2.24, 2.45) is 0 Å². The number of aryl methyl sites for hydroxylation is 1. The molecule has 0 aliphatic carbocycles. The SMILES string of the molecule is O=C(CCn1cnc2c([nH]c3ccc(F)cc32)c1=O)NCc1cccnc1. The first kappa shape index (κ1) is 16.9. The molecule has 8 heteroatoms. The van der Waals surface area contributed by atoms with Crippen molar-refractivity contribution in [3.05, 3.63) is 70.8 Å². The number of rotatable bonds is 5. The lowest BCUT2D eigenvalue weighted by atomic mass is 10.2.